The summed E-state index contributed by atoms with van der Waals surface area (Å²) in [6.07, 6.45) is 0. The van der Waals surface area contributed by atoms with Crippen LogP contribution < -0.4 is 15.4 Å². The maximum atomic E-state index is 12.2. The van der Waals surface area contributed by atoms with Crippen LogP contribution in [0.5, 0.6) is 5.75 Å². The van der Waals surface area contributed by atoms with E-state index in [1.807, 2.05) is 25.1 Å². The number of carbonyl (C=O) groups is 2. The van der Waals surface area contributed by atoms with Gasteiger partial charge in [-0.3, -0.25) is 14.5 Å². The molecule has 144 valence electrons. The van der Waals surface area contributed by atoms with E-state index < -0.39 is 0 Å². The van der Waals surface area contributed by atoms with Gasteiger partial charge in [0.05, 0.1) is 20.2 Å². The number of nitrogens with zero attached hydrogens (tertiary/aromatic N) is 1. The Morgan fingerprint density at radius 2 is 1.81 bits per heavy atom. The van der Waals surface area contributed by atoms with E-state index in [2.05, 4.69) is 10.6 Å². The fraction of sp³-hybridized carbons (Fsp3) is 0.300. The van der Waals surface area contributed by atoms with Gasteiger partial charge in [-0.25, -0.2) is 0 Å². The molecule has 0 saturated heterocycles. The highest BCUT2D eigenvalue weighted by Crippen LogP contribution is 2.16. The molecular weight excluding hydrogens is 366 g/mol. The zero-order valence-corrected chi connectivity index (χ0v) is 16.3. The van der Waals surface area contributed by atoms with E-state index in [-0.39, 0.29) is 24.9 Å². The number of hydrogen-bond acceptors (Lipinski definition) is 4. The lowest BCUT2D eigenvalue weighted by Gasteiger charge is -2.19. The molecule has 0 saturated carbocycles. The van der Waals surface area contributed by atoms with Crippen molar-refractivity contribution >= 4 is 29.1 Å². The van der Waals surface area contributed by atoms with Gasteiger partial charge in [0.2, 0.25) is 11.8 Å². The van der Waals surface area contributed by atoms with Crippen molar-refractivity contribution in [1.82, 2.24) is 10.2 Å². The normalized spacial score (nSPS) is 10.5. The molecule has 0 atom stereocenters. The fourth-order valence-electron chi connectivity index (χ4n) is 2.48. The Morgan fingerprint density at radius 3 is 2.52 bits per heavy atom. The molecule has 0 spiro atoms. The van der Waals surface area contributed by atoms with E-state index in [1.54, 1.807) is 42.3 Å². The summed E-state index contributed by atoms with van der Waals surface area (Å²) in [5, 5.41) is 6.25. The zero-order valence-electron chi connectivity index (χ0n) is 15.5. The number of likely N-dealkylation sites (N-methyl/N-ethyl adjacent to an activating group) is 1. The Bertz CT molecular complexity index is 783. The third-order valence-corrected chi connectivity index (χ3v) is 4.34. The standard InChI is InChI=1S/C20H24ClN3O3/c1-3-24(13-19(25)22-12-15-7-4-5-10-18(15)21)14-20(26)23-16-8-6-9-17(11-16)27-2/h4-11H,3,12-14H2,1-2H3,(H,22,25)(H,23,26). The lowest BCUT2D eigenvalue weighted by Crippen LogP contribution is -2.40. The first-order chi connectivity index (χ1) is 13.0. The van der Waals surface area contributed by atoms with Gasteiger partial charge in [0.1, 0.15) is 5.75 Å². The first-order valence-electron chi connectivity index (χ1n) is 8.68. The second-order valence-corrected chi connectivity index (χ2v) is 6.36. The number of amides is 2. The lowest BCUT2D eigenvalue weighted by atomic mass is 10.2. The molecule has 0 bridgehead atoms. The third-order valence-electron chi connectivity index (χ3n) is 3.97. The molecule has 0 aromatic heterocycles. The highest BCUT2D eigenvalue weighted by Gasteiger charge is 2.13. The van der Waals surface area contributed by atoms with Crippen molar-refractivity contribution in [2.75, 3.05) is 32.1 Å². The number of anilines is 1. The largest absolute Gasteiger partial charge is 0.497 e. The molecule has 0 heterocycles. The highest BCUT2D eigenvalue weighted by molar-refractivity contribution is 6.31. The van der Waals surface area contributed by atoms with Crippen LogP contribution in [0.2, 0.25) is 5.02 Å². The topological polar surface area (TPSA) is 70.7 Å². The first kappa shape index (κ1) is 20.7. The molecule has 0 fully saturated rings. The summed E-state index contributed by atoms with van der Waals surface area (Å²) in [5.41, 5.74) is 1.50. The average molecular weight is 390 g/mol. The van der Waals surface area contributed by atoms with Crippen LogP contribution in [0, 0.1) is 0 Å². The molecule has 2 N–H and O–H groups in total. The molecule has 0 aliphatic carbocycles. The predicted octanol–water partition coefficient (Wildman–Crippen LogP) is 2.93. The summed E-state index contributed by atoms with van der Waals surface area (Å²) in [7, 11) is 1.57. The van der Waals surface area contributed by atoms with Gasteiger partial charge < -0.3 is 15.4 Å². The highest BCUT2D eigenvalue weighted by atomic mass is 35.5. The van der Waals surface area contributed by atoms with Crippen molar-refractivity contribution in [2.24, 2.45) is 0 Å². The summed E-state index contributed by atoms with van der Waals surface area (Å²) < 4.78 is 5.14. The van der Waals surface area contributed by atoms with Gasteiger partial charge in [-0.2, -0.15) is 0 Å². The smallest absolute Gasteiger partial charge is 0.238 e. The molecular formula is C20H24ClN3O3. The van der Waals surface area contributed by atoms with Crippen LogP contribution in [-0.2, 0) is 16.1 Å². The number of carbonyl (C=O) groups excluding carboxylic acids is 2. The minimum Gasteiger partial charge on any atom is -0.497 e. The van der Waals surface area contributed by atoms with Crippen molar-refractivity contribution in [2.45, 2.75) is 13.5 Å². The predicted molar refractivity (Wildman–Crippen MR) is 107 cm³/mol. The van der Waals surface area contributed by atoms with E-state index in [1.165, 1.54) is 0 Å². The Kier molecular flexibility index (Phi) is 8.10. The SMILES string of the molecule is CCN(CC(=O)NCc1ccccc1Cl)CC(=O)Nc1cccc(OC)c1. The van der Waals surface area contributed by atoms with Crippen molar-refractivity contribution in [3.63, 3.8) is 0 Å². The fourth-order valence-corrected chi connectivity index (χ4v) is 2.68. The van der Waals surface area contributed by atoms with Gasteiger partial charge in [0, 0.05) is 23.3 Å². The zero-order chi connectivity index (χ0) is 19.6. The molecule has 2 amide bonds. The Hall–Kier alpha value is -2.57. The minimum absolute atomic E-state index is 0.118. The number of methoxy groups -OCH3 is 1. The third kappa shape index (κ3) is 6.92. The van der Waals surface area contributed by atoms with E-state index in [0.717, 1.165) is 5.56 Å². The van der Waals surface area contributed by atoms with E-state index in [9.17, 15) is 9.59 Å². The summed E-state index contributed by atoms with van der Waals surface area (Å²) in [4.78, 5) is 26.2. The average Bonchev–Trinajstić information content (AvgIpc) is 2.67. The van der Waals surface area contributed by atoms with Crippen LogP contribution in [0.4, 0.5) is 5.69 Å². The van der Waals surface area contributed by atoms with Crippen LogP contribution in [0.1, 0.15) is 12.5 Å². The van der Waals surface area contributed by atoms with E-state index in [4.69, 9.17) is 16.3 Å². The molecule has 7 heteroatoms. The van der Waals surface area contributed by atoms with Crippen LogP contribution >= 0.6 is 11.6 Å². The molecule has 27 heavy (non-hydrogen) atoms. The van der Waals surface area contributed by atoms with Crippen molar-refractivity contribution < 1.29 is 14.3 Å². The summed E-state index contributed by atoms with van der Waals surface area (Å²) in [6, 6.07) is 14.5. The number of ether oxygens (including phenoxy) is 1. The van der Waals surface area contributed by atoms with Gasteiger partial charge in [0.15, 0.2) is 0 Å². The Labute approximate surface area is 164 Å². The quantitative estimate of drug-likeness (QED) is 0.691. The van der Waals surface area contributed by atoms with Crippen molar-refractivity contribution in [3.8, 4) is 5.75 Å². The second kappa shape index (κ2) is 10.5. The first-order valence-corrected chi connectivity index (χ1v) is 9.06. The van der Waals surface area contributed by atoms with E-state index in [0.29, 0.717) is 29.5 Å². The van der Waals surface area contributed by atoms with Crippen LogP contribution in [0.15, 0.2) is 48.5 Å². The van der Waals surface area contributed by atoms with Crippen molar-refractivity contribution in [1.29, 1.82) is 0 Å². The monoisotopic (exact) mass is 389 g/mol. The second-order valence-electron chi connectivity index (χ2n) is 5.95. The molecule has 0 aliphatic rings. The van der Waals surface area contributed by atoms with Crippen LogP contribution in [-0.4, -0.2) is 43.5 Å². The maximum Gasteiger partial charge on any atom is 0.238 e. The summed E-state index contributed by atoms with van der Waals surface area (Å²) >= 11 is 6.08. The number of nitrogens with one attached hydrogen (secondary N) is 2. The molecule has 0 aliphatic heterocycles. The van der Waals surface area contributed by atoms with Crippen molar-refractivity contribution in [3.05, 3.63) is 59.1 Å². The van der Waals surface area contributed by atoms with Gasteiger partial charge >= 0.3 is 0 Å². The number of hydrogen-bond donors (Lipinski definition) is 2. The van der Waals surface area contributed by atoms with Gasteiger partial charge in [-0.15, -0.1) is 0 Å². The number of rotatable bonds is 9. The Balaban J connectivity index is 1.82. The van der Waals surface area contributed by atoms with Gasteiger partial charge in [-0.05, 0) is 30.3 Å². The molecule has 2 rings (SSSR count). The number of benzene rings is 2. The maximum absolute atomic E-state index is 12.2. The number of halogens is 1. The molecule has 0 radical (unpaired) electrons. The lowest BCUT2D eigenvalue weighted by molar-refractivity contribution is -0.123. The van der Waals surface area contributed by atoms with Crippen LogP contribution in [0.25, 0.3) is 0 Å². The molecule has 2 aromatic carbocycles. The summed E-state index contributed by atoms with van der Waals surface area (Å²) in [6.45, 7) is 3.08. The van der Waals surface area contributed by atoms with E-state index >= 15 is 0 Å². The minimum atomic E-state index is -0.191. The Morgan fingerprint density at radius 1 is 1.07 bits per heavy atom. The van der Waals surface area contributed by atoms with Crippen LogP contribution in [0.3, 0.4) is 0 Å². The summed E-state index contributed by atoms with van der Waals surface area (Å²) in [5.74, 6) is 0.314. The van der Waals surface area contributed by atoms with Gasteiger partial charge in [-0.1, -0.05) is 42.8 Å². The van der Waals surface area contributed by atoms with Gasteiger partial charge in [0.25, 0.3) is 0 Å². The molecule has 6 nitrogen and oxygen atoms in total. The molecule has 0 unspecified atom stereocenters. The molecule has 2 aromatic rings.